The van der Waals surface area contributed by atoms with E-state index in [4.69, 9.17) is 9.47 Å². The molecule has 0 atom stereocenters. The SMILES string of the molecule is CCOC(=O)c1ccc(NCC(=O)Nc2ccc(S(=O)(=O)N3CCOCC3)cc2)cc1. The molecule has 1 amide bonds. The van der Waals surface area contributed by atoms with Gasteiger partial charge in [-0.1, -0.05) is 0 Å². The van der Waals surface area contributed by atoms with E-state index in [1.807, 2.05) is 0 Å². The van der Waals surface area contributed by atoms with Crippen LogP contribution in [-0.2, 0) is 24.3 Å². The van der Waals surface area contributed by atoms with Crippen LogP contribution in [0.5, 0.6) is 0 Å². The van der Waals surface area contributed by atoms with Crippen molar-refractivity contribution >= 4 is 33.3 Å². The number of nitrogens with zero attached hydrogens (tertiary/aromatic N) is 1. The predicted octanol–water partition coefficient (Wildman–Crippen LogP) is 1.93. The Hall–Kier alpha value is -2.95. The average molecular weight is 448 g/mol. The summed E-state index contributed by atoms with van der Waals surface area (Å²) in [5, 5.41) is 5.68. The second-order valence-corrected chi connectivity index (χ2v) is 8.68. The fourth-order valence-corrected chi connectivity index (χ4v) is 4.38. The molecule has 10 heteroatoms. The molecule has 9 nitrogen and oxygen atoms in total. The van der Waals surface area contributed by atoms with Crippen molar-refractivity contribution in [3.05, 3.63) is 54.1 Å². The molecule has 31 heavy (non-hydrogen) atoms. The van der Waals surface area contributed by atoms with Crippen LogP contribution in [0.25, 0.3) is 0 Å². The number of nitrogens with one attached hydrogen (secondary N) is 2. The van der Waals surface area contributed by atoms with Gasteiger partial charge in [-0.25, -0.2) is 13.2 Å². The number of esters is 1. The maximum Gasteiger partial charge on any atom is 0.338 e. The second kappa shape index (κ2) is 10.4. The summed E-state index contributed by atoms with van der Waals surface area (Å²) in [6.07, 6.45) is 0. The average Bonchev–Trinajstić information content (AvgIpc) is 2.79. The van der Waals surface area contributed by atoms with Crippen LogP contribution in [0.3, 0.4) is 0 Å². The molecule has 2 aromatic carbocycles. The Bertz CT molecular complexity index is 1000. The van der Waals surface area contributed by atoms with Crippen molar-refractivity contribution in [3.8, 4) is 0 Å². The van der Waals surface area contributed by atoms with Crippen LogP contribution in [0.15, 0.2) is 53.4 Å². The lowest BCUT2D eigenvalue weighted by molar-refractivity contribution is -0.114. The van der Waals surface area contributed by atoms with E-state index < -0.39 is 16.0 Å². The maximum absolute atomic E-state index is 12.6. The van der Waals surface area contributed by atoms with E-state index >= 15 is 0 Å². The molecule has 0 bridgehead atoms. The molecule has 1 saturated heterocycles. The topological polar surface area (TPSA) is 114 Å². The molecule has 0 aliphatic carbocycles. The smallest absolute Gasteiger partial charge is 0.338 e. The summed E-state index contributed by atoms with van der Waals surface area (Å²) in [6, 6.07) is 12.7. The molecule has 1 heterocycles. The number of sulfonamides is 1. The van der Waals surface area contributed by atoms with E-state index in [0.29, 0.717) is 49.8 Å². The van der Waals surface area contributed by atoms with Gasteiger partial charge in [-0.15, -0.1) is 0 Å². The molecule has 0 unspecified atom stereocenters. The number of rotatable bonds is 8. The van der Waals surface area contributed by atoms with Gasteiger partial charge in [0.15, 0.2) is 0 Å². The number of benzene rings is 2. The van der Waals surface area contributed by atoms with E-state index in [1.54, 1.807) is 43.3 Å². The zero-order valence-corrected chi connectivity index (χ0v) is 18.0. The van der Waals surface area contributed by atoms with Gasteiger partial charge in [-0.05, 0) is 55.5 Å². The Labute approximate surface area is 181 Å². The number of carbonyl (C=O) groups excluding carboxylic acids is 2. The first-order valence-electron chi connectivity index (χ1n) is 9.89. The third kappa shape index (κ3) is 6.03. The third-order valence-corrected chi connectivity index (χ3v) is 6.51. The fourth-order valence-electron chi connectivity index (χ4n) is 2.97. The molecule has 3 rings (SSSR count). The zero-order valence-electron chi connectivity index (χ0n) is 17.2. The largest absolute Gasteiger partial charge is 0.462 e. The molecule has 0 radical (unpaired) electrons. The minimum Gasteiger partial charge on any atom is -0.462 e. The van der Waals surface area contributed by atoms with Gasteiger partial charge >= 0.3 is 5.97 Å². The monoisotopic (exact) mass is 447 g/mol. The highest BCUT2D eigenvalue weighted by molar-refractivity contribution is 7.89. The fraction of sp³-hybridized carbons (Fsp3) is 0.333. The van der Waals surface area contributed by atoms with Crippen LogP contribution >= 0.6 is 0 Å². The molecule has 0 saturated carbocycles. The molecule has 2 aromatic rings. The van der Waals surface area contributed by atoms with Crippen LogP contribution in [-0.4, -0.2) is 64.1 Å². The summed E-state index contributed by atoms with van der Waals surface area (Å²) in [5.41, 5.74) is 1.60. The summed E-state index contributed by atoms with van der Waals surface area (Å²) in [4.78, 5) is 24.0. The minimum absolute atomic E-state index is 0.00653. The van der Waals surface area contributed by atoms with E-state index in [0.717, 1.165) is 0 Å². The molecular weight excluding hydrogens is 422 g/mol. The Morgan fingerprint density at radius 2 is 1.61 bits per heavy atom. The van der Waals surface area contributed by atoms with Gasteiger partial charge in [-0.3, -0.25) is 4.79 Å². The summed E-state index contributed by atoms with van der Waals surface area (Å²) >= 11 is 0. The summed E-state index contributed by atoms with van der Waals surface area (Å²) in [5.74, 6) is -0.691. The Balaban J connectivity index is 1.52. The minimum atomic E-state index is -3.57. The highest BCUT2D eigenvalue weighted by Gasteiger charge is 2.26. The zero-order chi connectivity index (χ0) is 22.3. The highest BCUT2D eigenvalue weighted by atomic mass is 32.2. The van der Waals surface area contributed by atoms with Gasteiger partial charge in [0.1, 0.15) is 0 Å². The van der Waals surface area contributed by atoms with Crippen molar-refractivity contribution in [2.24, 2.45) is 0 Å². The molecule has 1 fully saturated rings. The normalized spacial score (nSPS) is 14.6. The molecule has 0 aromatic heterocycles. The highest BCUT2D eigenvalue weighted by Crippen LogP contribution is 2.19. The van der Waals surface area contributed by atoms with E-state index in [1.165, 1.54) is 16.4 Å². The Kier molecular flexibility index (Phi) is 7.61. The second-order valence-electron chi connectivity index (χ2n) is 6.74. The number of ether oxygens (including phenoxy) is 2. The van der Waals surface area contributed by atoms with Gasteiger partial charge in [-0.2, -0.15) is 4.31 Å². The van der Waals surface area contributed by atoms with Crippen LogP contribution in [0.2, 0.25) is 0 Å². The number of amides is 1. The summed E-state index contributed by atoms with van der Waals surface area (Å²) < 4.78 is 36.8. The molecule has 1 aliphatic heterocycles. The lowest BCUT2D eigenvalue weighted by atomic mass is 10.2. The Morgan fingerprint density at radius 3 is 2.23 bits per heavy atom. The van der Waals surface area contributed by atoms with Crippen molar-refractivity contribution in [1.29, 1.82) is 0 Å². The van der Waals surface area contributed by atoms with Gasteiger partial charge in [0.25, 0.3) is 0 Å². The standard InChI is InChI=1S/C21H25N3O6S/c1-2-30-21(26)16-3-5-17(6-4-16)22-15-20(25)23-18-7-9-19(10-8-18)31(27,28)24-11-13-29-14-12-24/h3-10,22H,2,11-15H2,1H3,(H,23,25). The van der Waals surface area contributed by atoms with Gasteiger partial charge in [0, 0.05) is 24.5 Å². The van der Waals surface area contributed by atoms with E-state index in [-0.39, 0.29) is 17.3 Å². The molecule has 1 aliphatic rings. The van der Waals surface area contributed by atoms with Crippen LogP contribution in [0, 0.1) is 0 Å². The number of hydrogen-bond donors (Lipinski definition) is 2. The maximum atomic E-state index is 12.6. The Morgan fingerprint density at radius 1 is 1.00 bits per heavy atom. The molecule has 2 N–H and O–H groups in total. The number of carbonyl (C=O) groups is 2. The third-order valence-electron chi connectivity index (χ3n) is 4.60. The van der Waals surface area contributed by atoms with Crippen molar-refractivity contribution in [3.63, 3.8) is 0 Å². The van der Waals surface area contributed by atoms with Crippen molar-refractivity contribution in [2.75, 3.05) is 50.1 Å². The summed E-state index contributed by atoms with van der Waals surface area (Å²) in [7, 11) is -3.57. The molecular formula is C21H25N3O6S. The predicted molar refractivity (Wildman–Crippen MR) is 116 cm³/mol. The van der Waals surface area contributed by atoms with E-state index in [9.17, 15) is 18.0 Å². The first-order valence-corrected chi connectivity index (χ1v) is 11.3. The van der Waals surface area contributed by atoms with Gasteiger partial charge in [0.2, 0.25) is 15.9 Å². The van der Waals surface area contributed by atoms with Gasteiger partial charge in [0.05, 0.1) is 36.8 Å². The van der Waals surface area contributed by atoms with Crippen LogP contribution < -0.4 is 10.6 Å². The first kappa shape index (κ1) is 22.7. The molecule has 0 spiro atoms. The van der Waals surface area contributed by atoms with Crippen molar-refractivity contribution in [1.82, 2.24) is 4.31 Å². The van der Waals surface area contributed by atoms with E-state index in [2.05, 4.69) is 10.6 Å². The van der Waals surface area contributed by atoms with Crippen LogP contribution in [0.1, 0.15) is 17.3 Å². The molecule has 166 valence electrons. The lowest BCUT2D eigenvalue weighted by Crippen LogP contribution is -2.40. The number of morpholine rings is 1. The van der Waals surface area contributed by atoms with Gasteiger partial charge < -0.3 is 20.1 Å². The van der Waals surface area contributed by atoms with Crippen molar-refractivity contribution < 1.29 is 27.5 Å². The van der Waals surface area contributed by atoms with Crippen molar-refractivity contribution in [2.45, 2.75) is 11.8 Å². The number of hydrogen-bond acceptors (Lipinski definition) is 7. The summed E-state index contributed by atoms with van der Waals surface area (Å²) in [6.45, 7) is 3.47. The number of anilines is 2. The lowest BCUT2D eigenvalue weighted by Gasteiger charge is -2.26. The van der Waals surface area contributed by atoms with Crippen LogP contribution in [0.4, 0.5) is 11.4 Å². The first-order chi connectivity index (χ1) is 14.9. The quantitative estimate of drug-likeness (QED) is 0.595.